The maximum absolute atomic E-state index is 12.1. The minimum absolute atomic E-state index is 0.0852. The van der Waals surface area contributed by atoms with Gasteiger partial charge in [-0.3, -0.25) is 4.98 Å². The first-order valence-corrected chi connectivity index (χ1v) is 8.19. The van der Waals surface area contributed by atoms with E-state index >= 15 is 0 Å². The molecule has 0 amide bonds. The molecule has 0 saturated carbocycles. The van der Waals surface area contributed by atoms with Gasteiger partial charge >= 0.3 is 0 Å². The van der Waals surface area contributed by atoms with Gasteiger partial charge in [0.2, 0.25) is 10.0 Å². The average Bonchev–Trinajstić information content (AvgIpc) is 2.45. The topological polar surface area (TPSA) is 97.5 Å². The van der Waals surface area contributed by atoms with Crippen molar-refractivity contribution in [3.05, 3.63) is 24.0 Å². The highest BCUT2D eigenvalue weighted by molar-refractivity contribution is 7.89. The number of aromatic nitrogens is 1. The first kappa shape index (κ1) is 17.9. The Morgan fingerprint density at radius 1 is 1.48 bits per heavy atom. The van der Waals surface area contributed by atoms with Crippen LogP contribution in [0.1, 0.15) is 5.69 Å². The van der Waals surface area contributed by atoms with Crippen molar-refractivity contribution < 1.29 is 13.2 Å². The molecule has 0 bridgehead atoms. The lowest BCUT2D eigenvalue weighted by atomic mass is 10.3. The Balaban J connectivity index is 2.55. The second kappa shape index (κ2) is 8.35. The second-order valence-corrected chi connectivity index (χ2v) is 6.64. The van der Waals surface area contributed by atoms with Gasteiger partial charge in [-0.05, 0) is 19.2 Å². The largest absolute Gasteiger partial charge is 0.388 e. The van der Waals surface area contributed by atoms with Gasteiger partial charge in [0, 0.05) is 32.9 Å². The first-order chi connectivity index (χ1) is 9.86. The number of methoxy groups -OCH3 is 1. The van der Waals surface area contributed by atoms with Crippen LogP contribution in [-0.2, 0) is 14.8 Å². The molecule has 0 fully saturated rings. The minimum atomic E-state index is -3.57. The smallest absolute Gasteiger partial charge is 0.242 e. The normalized spacial score (nSPS) is 11.8. The standard InChI is InChI=1S/C12H20N4O3S2/c1-16(7-8-19-2)6-5-15-21(17,18)10-3-4-11(12(13)20)14-9-10/h3-4,9,15H,5-8H2,1-2H3,(H2,13,20). The number of nitrogens with zero attached hydrogens (tertiary/aromatic N) is 2. The number of rotatable bonds is 9. The number of likely N-dealkylation sites (N-methyl/N-ethyl adjacent to an activating group) is 1. The van der Waals surface area contributed by atoms with Crippen LogP contribution in [-0.4, -0.2) is 63.7 Å². The molecular weight excluding hydrogens is 312 g/mol. The molecule has 3 N–H and O–H groups in total. The third kappa shape index (κ3) is 6.02. The fourth-order valence-corrected chi connectivity index (χ4v) is 2.58. The predicted octanol–water partition coefficient (Wildman–Crippen LogP) is -0.428. The van der Waals surface area contributed by atoms with Crippen LogP contribution >= 0.6 is 12.2 Å². The molecular formula is C12H20N4O3S2. The van der Waals surface area contributed by atoms with Crippen LogP contribution in [0.5, 0.6) is 0 Å². The molecule has 0 unspecified atom stereocenters. The van der Waals surface area contributed by atoms with Crippen molar-refractivity contribution in [3.8, 4) is 0 Å². The lowest BCUT2D eigenvalue weighted by Crippen LogP contribution is -2.34. The number of hydrogen-bond acceptors (Lipinski definition) is 6. The Kier molecular flexibility index (Phi) is 7.12. The van der Waals surface area contributed by atoms with Crippen molar-refractivity contribution >= 4 is 27.2 Å². The maximum Gasteiger partial charge on any atom is 0.242 e. The summed E-state index contributed by atoms with van der Waals surface area (Å²) in [6, 6.07) is 2.92. The van der Waals surface area contributed by atoms with Crippen molar-refractivity contribution in [2.24, 2.45) is 5.73 Å². The summed E-state index contributed by atoms with van der Waals surface area (Å²) in [6.45, 7) is 2.23. The molecule has 1 aromatic heterocycles. The van der Waals surface area contributed by atoms with Gasteiger partial charge in [0.05, 0.1) is 12.3 Å². The Morgan fingerprint density at radius 3 is 2.71 bits per heavy atom. The molecule has 0 aromatic carbocycles. The number of nitrogens with one attached hydrogen (secondary N) is 1. The number of ether oxygens (including phenoxy) is 1. The van der Waals surface area contributed by atoms with Gasteiger partial charge in [0.1, 0.15) is 9.88 Å². The van der Waals surface area contributed by atoms with Gasteiger partial charge in [0.25, 0.3) is 0 Å². The lowest BCUT2D eigenvalue weighted by molar-refractivity contribution is 0.162. The molecule has 0 radical (unpaired) electrons. The van der Waals surface area contributed by atoms with E-state index in [1.807, 2.05) is 11.9 Å². The second-order valence-electron chi connectivity index (χ2n) is 4.44. The highest BCUT2D eigenvalue weighted by atomic mass is 32.2. The summed E-state index contributed by atoms with van der Waals surface area (Å²) in [6.07, 6.45) is 1.24. The Morgan fingerprint density at radius 2 is 2.19 bits per heavy atom. The molecule has 1 heterocycles. The molecule has 0 aliphatic rings. The number of sulfonamides is 1. The van der Waals surface area contributed by atoms with Crippen LogP contribution in [0.2, 0.25) is 0 Å². The Labute approximate surface area is 130 Å². The zero-order valence-corrected chi connectivity index (χ0v) is 13.7. The van der Waals surface area contributed by atoms with Crippen LogP contribution < -0.4 is 10.5 Å². The van der Waals surface area contributed by atoms with Crippen molar-refractivity contribution in [1.82, 2.24) is 14.6 Å². The van der Waals surface area contributed by atoms with Gasteiger partial charge in [-0.25, -0.2) is 13.1 Å². The molecule has 0 atom stereocenters. The van der Waals surface area contributed by atoms with Crippen molar-refractivity contribution in [1.29, 1.82) is 0 Å². The van der Waals surface area contributed by atoms with E-state index in [1.54, 1.807) is 7.11 Å². The third-order valence-electron chi connectivity index (χ3n) is 2.76. The van der Waals surface area contributed by atoms with Crippen molar-refractivity contribution in [2.45, 2.75) is 4.90 Å². The van der Waals surface area contributed by atoms with E-state index in [0.29, 0.717) is 25.4 Å². The summed E-state index contributed by atoms with van der Waals surface area (Å²) in [7, 11) is -0.0535. The van der Waals surface area contributed by atoms with Gasteiger partial charge in [-0.1, -0.05) is 12.2 Å². The van der Waals surface area contributed by atoms with E-state index in [4.69, 9.17) is 22.7 Å². The number of thiocarbonyl (C=S) groups is 1. The molecule has 9 heteroatoms. The van der Waals surface area contributed by atoms with E-state index in [1.165, 1.54) is 18.3 Å². The van der Waals surface area contributed by atoms with Crippen molar-refractivity contribution in [3.63, 3.8) is 0 Å². The molecule has 1 rings (SSSR count). The summed E-state index contributed by atoms with van der Waals surface area (Å²) >= 11 is 4.77. The van der Waals surface area contributed by atoms with E-state index < -0.39 is 10.0 Å². The van der Waals surface area contributed by atoms with Gasteiger partial charge in [-0.15, -0.1) is 0 Å². The summed E-state index contributed by atoms with van der Waals surface area (Å²) < 4.78 is 31.6. The monoisotopic (exact) mass is 332 g/mol. The zero-order valence-electron chi connectivity index (χ0n) is 12.1. The average molecular weight is 332 g/mol. The molecule has 0 saturated heterocycles. The lowest BCUT2D eigenvalue weighted by Gasteiger charge is -2.16. The number of pyridine rings is 1. The molecule has 7 nitrogen and oxygen atoms in total. The van der Waals surface area contributed by atoms with Gasteiger partial charge < -0.3 is 15.4 Å². The zero-order chi connectivity index (χ0) is 15.9. The molecule has 0 spiro atoms. The highest BCUT2D eigenvalue weighted by Crippen LogP contribution is 2.07. The van der Waals surface area contributed by atoms with Gasteiger partial charge in [-0.2, -0.15) is 0 Å². The van der Waals surface area contributed by atoms with E-state index in [0.717, 1.165) is 6.54 Å². The Hall–Kier alpha value is -1.13. The van der Waals surface area contributed by atoms with Crippen molar-refractivity contribution in [2.75, 3.05) is 40.4 Å². The summed E-state index contributed by atoms with van der Waals surface area (Å²) in [5.41, 5.74) is 5.81. The fraction of sp³-hybridized carbons (Fsp3) is 0.500. The summed E-state index contributed by atoms with van der Waals surface area (Å²) in [4.78, 5) is 6.10. The fourth-order valence-electron chi connectivity index (χ4n) is 1.50. The Bertz CT molecular complexity index is 560. The quantitative estimate of drug-likeness (QED) is 0.592. The SMILES string of the molecule is COCCN(C)CCNS(=O)(=O)c1ccc(C(N)=S)nc1. The molecule has 21 heavy (non-hydrogen) atoms. The molecule has 118 valence electrons. The van der Waals surface area contributed by atoms with Crippen LogP contribution in [0.4, 0.5) is 0 Å². The number of hydrogen-bond donors (Lipinski definition) is 2. The van der Waals surface area contributed by atoms with E-state index in [9.17, 15) is 8.42 Å². The minimum Gasteiger partial charge on any atom is -0.388 e. The molecule has 0 aliphatic heterocycles. The maximum atomic E-state index is 12.1. The predicted molar refractivity (Wildman–Crippen MR) is 84.7 cm³/mol. The van der Waals surface area contributed by atoms with E-state index in [-0.39, 0.29) is 9.88 Å². The molecule has 0 aliphatic carbocycles. The molecule has 1 aromatic rings. The third-order valence-corrected chi connectivity index (χ3v) is 4.42. The van der Waals surface area contributed by atoms with Crippen LogP contribution in [0, 0.1) is 0 Å². The highest BCUT2D eigenvalue weighted by Gasteiger charge is 2.14. The van der Waals surface area contributed by atoms with Gasteiger partial charge in [0.15, 0.2) is 0 Å². The summed E-state index contributed by atoms with van der Waals surface area (Å²) in [5.74, 6) is 0. The van der Waals surface area contributed by atoms with Crippen LogP contribution in [0.15, 0.2) is 23.2 Å². The van der Waals surface area contributed by atoms with Crippen LogP contribution in [0.3, 0.4) is 0 Å². The first-order valence-electron chi connectivity index (χ1n) is 6.30. The van der Waals surface area contributed by atoms with Crippen LogP contribution in [0.25, 0.3) is 0 Å². The van der Waals surface area contributed by atoms with E-state index in [2.05, 4.69) is 9.71 Å². The summed E-state index contributed by atoms with van der Waals surface area (Å²) in [5, 5.41) is 0. The number of nitrogens with two attached hydrogens (primary N) is 1.